The number of thiophene rings is 1. The quantitative estimate of drug-likeness (QED) is 0.679. The van der Waals surface area contributed by atoms with Gasteiger partial charge in [0.15, 0.2) is 0 Å². The number of hydrogen-bond acceptors (Lipinski definition) is 3. The summed E-state index contributed by atoms with van der Waals surface area (Å²) in [5.74, 6) is 0. The van der Waals surface area contributed by atoms with Crippen molar-refractivity contribution in [3.8, 4) is 11.1 Å². The van der Waals surface area contributed by atoms with E-state index in [1.807, 2.05) is 12.1 Å². The van der Waals surface area contributed by atoms with Crippen LogP contribution in [-0.2, 0) is 0 Å². The molecule has 0 atom stereocenters. The molecular weight excluding hydrogens is 284 g/mol. The lowest BCUT2D eigenvalue weighted by molar-refractivity contribution is 1.22. The fourth-order valence-corrected chi connectivity index (χ4v) is 2.70. The summed E-state index contributed by atoms with van der Waals surface area (Å²) < 4.78 is 1.08. The van der Waals surface area contributed by atoms with Crippen LogP contribution in [0.2, 0.25) is 0 Å². The van der Waals surface area contributed by atoms with Gasteiger partial charge in [0.05, 0.1) is 0 Å². The third-order valence-electron chi connectivity index (χ3n) is 2.34. The zero-order valence-corrected chi connectivity index (χ0v) is 10.5. The van der Waals surface area contributed by atoms with Crippen molar-refractivity contribution < 1.29 is 0 Å². The van der Waals surface area contributed by atoms with E-state index in [0.29, 0.717) is 0 Å². The second-order valence-corrected chi connectivity index (χ2v) is 5.10. The average Bonchev–Trinajstić information content (AvgIpc) is 2.74. The Balaban J connectivity index is 2.22. The molecule has 3 rings (SSSR count). The molecule has 0 aliphatic carbocycles. The molecule has 0 aliphatic rings. The highest BCUT2D eigenvalue weighted by molar-refractivity contribution is 9.10. The number of aromatic nitrogens is 2. The number of rotatable bonds is 1. The molecule has 0 fully saturated rings. The van der Waals surface area contributed by atoms with Gasteiger partial charge in [0.25, 0.3) is 0 Å². The van der Waals surface area contributed by atoms with Gasteiger partial charge in [-0.15, -0.1) is 11.3 Å². The molecule has 0 amide bonds. The number of benzene rings is 1. The maximum absolute atomic E-state index is 4.21. The topological polar surface area (TPSA) is 25.8 Å². The van der Waals surface area contributed by atoms with Gasteiger partial charge >= 0.3 is 0 Å². The van der Waals surface area contributed by atoms with Crippen LogP contribution >= 0.6 is 27.3 Å². The Bertz CT molecular complexity index is 631. The molecule has 0 N–H and O–H groups in total. The molecule has 77 valence electrons. The van der Waals surface area contributed by atoms with E-state index in [-0.39, 0.29) is 0 Å². The third kappa shape index (κ3) is 1.64. The number of nitrogens with zero attached hydrogens (tertiary/aromatic N) is 2. The Kier molecular flexibility index (Phi) is 2.46. The SMILES string of the molecule is Brc1ccc(-c2csc3ncn[c]c23)cc1. The molecule has 3 aromatic rings. The van der Waals surface area contributed by atoms with Crippen LogP contribution in [0.3, 0.4) is 0 Å². The molecule has 1 aromatic carbocycles. The lowest BCUT2D eigenvalue weighted by Gasteiger charge is -1.98. The molecule has 0 saturated heterocycles. The first-order valence-corrected chi connectivity index (χ1v) is 6.38. The summed E-state index contributed by atoms with van der Waals surface area (Å²) in [5, 5.41) is 3.09. The van der Waals surface area contributed by atoms with Crippen LogP contribution in [0.25, 0.3) is 21.3 Å². The van der Waals surface area contributed by atoms with Crippen LogP contribution < -0.4 is 0 Å². The normalized spacial score (nSPS) is 10.8. The Morgan fingerprint density at radius 2 is 2.00 bits per heavy atom. The molecule has 2 heterocycles. The molecule has 0 unspecified atom stereocenters. The van der Waals surface area contributed by atoms with Crippen molar-refractivity contribution in [2.75, 3.05) is 0 Å². The third-order valence-corrected chi connectivity index (χ3v) is 3.75. The Morgan fingerprint density at radius 1 is 1.19 bits per heavy atom. The summed E-state index contributed by atoms with van der Waals surface area (Å²) >= 11 is 5.05. The van der Waals surface area contributed by atoms with Crippen molar-refractivity contribution in [1.29, 1.82) is 0 Å². The molecule has 1 radical (unpaired) electrons. The van der Waals surface area contributed by atoms with Crippen LogP contribution in [0.4, 0.5) is 0 Å². The number of halogens is 1. The molecule has 4 heteroatoms. The highest BCUT2D eigenvalue weighted by Gasteiger charge is 2.07. The molecule has 2 nitrogen and oxygen atoms in total. The summed E-state index contributed by atoms with van der Waals surface area (Å²) in [6, 6.07) is 8.21. The van der Waals surface area contributed by atoms with E-state index in [2.05, 4.69) is 49.6 Å². The fraction of sp³-hybridized carbons (Fsp3) is 0. The minimum atomic E-state index is 0.980. The minimum absolute atomic E-state index is 0.980. The van der Waals surface area contributed by atoms with Gasteiger partial charge < -0.3 is 0 Å². The second-order valence-electron chi connectivity index (χ2n) is 3.32. The van der Waals surface area contributed by atoms with Crippen molar-refractivity contribution in [2.45, 2.75) is 0 Å². The van der Waals surface area contributed by atoms with Gasteiger partial charge in [0, 0.05) is 20.8 Å². The molecule has 2 aromatic heterocycles. The summed E-state index contributed by atoms with van der Waals surface area (Å²) in [6.45, 7) is 0. The van der Waals surface area contributed by atoms with E-state index >= 15 is 0 Å². The van der Waals surface area contributed by atoms with Crippen LogP contribution in [-0.4, -0.2) is 9.97 Å². The van der Waals surface area contributed by atoms with Gasteiger partial charge in [-0.3, -0.25) is 0 Å². The molecule has 0 bridgehead atoms. The van der Waals surface area contributed by atoms with E-state index in [4.69, 9.17) is 0 Å². The smallest absolute Gasteiger partial charge is 0.127 e. The standard InChI is InChI=1S/C12H6BrN2S/c13-9-3-1-8(2-4-9)11-6-16-12-10(11)5-14-7-15-12/h1-4,6-7H. The zero-order chi connectivity index (χ0) is 11.0. The lowest BCUT2D eigenvalue weighted by atomic mass is 10.1. The Hall–Kier alpha value is -1.26. The Morgan fingerprint density at radius 3 is 2.81 bits per heavy atom. The van der Waals surface area contributed by atoms with Crippen LogP contribution in [0.5, 0.6) is 0 Å². The Labute approximate surface area is 105 Å². The monoisotopic (exact) mass is 289 g/mol. The van der Waals surface area contributed by atoms with Gasteiger partial charge in [-0.1, -0.05) is 28.1 Å². The molecule has 0 aliphatic heterocycles. The van der Waals surface area contributed by atoms with E-state index in [1.165, 1.54) is 11.9 Å². The van der Waals surface area contributed by atoms with Crippen LogP contribution in [0.1, 0.15) is 0 Å². The van der Waals surface area contributed by atoms with Crippen LogP contribution in [0.15, 0.2) is 40.4 Å². The van der Waals surface area contributed by atoms with Gasteiger partial charge in [-0.05, 0) is 17.7 Å². The lowest BCUT2D eigenvalue weighted by Crippen LogP contribution is -1.79. The first-order chi connectivity index (χ1) is 7.84. The first kappa shape index (κ1) is 9.93. The maximum atomic E-state index is 4.21. The minimum Gasteiger partial charge on any atom is -0.234 e. The molecule has 16 heavy (non-hydrogen) atoms. The fourth-order valence-electron chi connectivity index (χ4n) is 1.57. The summed E-state index contributed by atoms with van der Waals surface area (Å²) in [4.78, 5) is 9.14. The largest absolute Gasteiger partial charge is 0.234 e. The average molecular weight is 290 g/mol. The van der Waals surface area contributed by atoms with Gasteiger partial charge in [-0.2, -0.15) is 0 Å². The van der Waals surface area contributed by atoms with Gasteiger partial charge in [-0.25, -0.2) is 9.97 Å². The zero-order valence-electron chi connectivity index (χ0n) is 8.14. The molecule has 0 spiro atoms. The highest BCUT2D eigenvalue weighted by Crippen LogP contribution is 2.32. The maximum Gasteiger partial charge on any atom is 0.127 e. The van der Waals surface area contributed by atoms with E-state index in [9.17, 15) is 0 Å². The van der Waals surface area contributed by atoms with E-state index in [1.54, 1.807) is 11.3 Å². The van der Waals surface area contributed by atoms with Crippen molar-refractivity contribution in [2.24, 2.45) is 0 Å². The van der Waals surface area contributed by atoms with Crippen LogP contribution in [0, 0.1) is 6.20 Å². The molecule has 0 saturated carbocycles. The van der Waals surface area contributed by atoms with Crippen molar-refractivity contribution in [1.82, 2.24) is 9.97 Å². The summed E-state index contributed by atoms with van der Waals surface area (Å²) in [6.07, 6.45) is 4.53. The van der Waals surface area contributed by atoms with Crippen molar-refractivity contribution in [3.63, 3.8) is 0 Å². The predicted octanol–water partition coefficient (Wildman–Crippen LogP) is 3.92. The van der Waals surface area contributed by atoms with Crippen molar-refractivity contribution in [3.05, 3.63) is 46.6 Å². The number of fused-ring (bicyclic) bond motifs is 1. The summed E-state index contributed by atoms with van der Waals surface area (Å²) in [5.41, 5.74) is 2.31. The van der Waals surface area contributed by atoms with E-state index < -0.39 is 0 Å². The summed E-state index contributed by atoms with van der Waals surface area (Å²) in [7, 11) is 0. The highest BCUT2D eigenvalue weighted by atomic mass is 79.9. The number of hydrogen-bond donors (Lipinski definition) is 0. The predicted molar refractivity (Wildman–Crippen MR) is 69.4 cm³/mol. The first-order valence-electron chi connectivity index (χ1n) is 4.70. The van der Waals surface area contributed by atoms with Gasteiger partial charge in [0.1, 0.15) is 17.4 Å². The van der Waals surface area contributed by atoms with Crippen molar-refractivity contribution >= 4 is 37.5 Å². The van der Waals surface area contributed by atoms with Gasteiger partial charge in [0.2, 0.25) is 0 Å². The second kappa shape index (κ2) is 3.96. The van der Waals surface area contributed by atoms with E-state index in [0.717, 1.165) is 20.3 Å². The molecular formula is C12H6BrN2S.